The van der Waals surface area contributed by atoms with E-state index in [1.165, 1.54) is 0 Å². The largest absolute Gasteiger partial charge is 0.455 e. The Morgan fingerprint density at radius 1 is 1.17 bits per heavy atom. The van der Waals surface area contributed by atoms with Crippen molar-refractivity contribution in [3.8, 4) is 0 Å². The van der Waals surface area contributed by atoms with Crippen molar-refractivity contribution in [1.29, 1.82) is 0 Å². The Balaban J connectivity index is 2.37. The summed E-state index contributed by atoms with van der Waals surface area (Å²) in [5, 5.41) is 7.80. The van der Waals surface area contributed by atoms with Crippen LogP contribution in [0, 0.1) is 0 Å². The van der Waals surface area contributed by atoms with Crippen LogP contribution < -0.4 is 5.73 Å². The number of hydrogen-bond acceptors (Lipinski definition) is 5. The number of nitrogen functional groups attached to an aromatic ring is 1. The number of hydrogen-bond donors (Lipinski definition) is 1. The summed E-state index contributed by atoms with van der Waals surface area (Å²) in [5.74, 6) is 0.0326. The maximum absolute atomic E-state index is 12.1. The molecule has 1 aliphatic carbocycles. The van der Waals surface area contributed by atoms with Gasteiger partial charge in [-0.05, 0) is 52.0 Å². The Kier molecular flexibility index (Phi) is 3.24. The van der Waals surface area contributed by atoms with Gasteiger partial charge in [-0.2, -0.15) is 0 Å². The van der Waals surface area contributed by atoms with Gasteiger partial charge in [0.05, 0.1) is 0 Å². The number of anilines is 1. The number of aromatic nitrogens is 2. The highest BCUT2D eigenvalue weighted by molar-refractivity contribution is 5.89. The number of fused-ring (bicyclic) bond motifs is 1. The third kappa shape index (κ3) is 2.60. The van der Waals surface area contributed by atoms with Crippen LogP contribution in [0.1, 0.15) is 55.2 Å². The highest BCUT2D eigenvalue weighted by Gasteiger charge is 2.26. The van der Waals surface area contributed by atoms with E-state index in [1.807, 2.05) is 20.8 Å². The molecule has 1 aliphatic rings. The zero-order valence-electron chi connectivity index (χ0n) is 11.1. The van der Waals surface area contributed by atoms with Gasteiger partial charge in [-0.1, -0.05) is 0 Å². The second kappa shape index (κ2) is 4.55. The minimum Gasteiger partial charge on any atom is -0.455 e. The van der Waals surface area contributed by atoms with Crippen molar-refractivity contribution in [1.82, 2.24) is 10.2 Å². The van der Waals surface area contributed by atoms with Crippen molar-refractivity contribution in [2.75, 3.05) is 5.73 Å². The molecule has 0 aromatic carbocycles. The molecular formula is C13H19N3O2. The summed E-state index contributed by atoms with van der Waals surface area (Å²) in [6, 6.07) is 0. The van der Waals surface area contributed by atoms with Crippen LogP contribution >= 0.6 is 0 Å². The molecule has 0 spiro atoms. The van der Waals surface area contributed by atoms with Gasteiger partial charge in [0.25, 0.3) is 0 Å². The molecule has 1 aromatic rings. The highest BCUT2D eigenvalue weighted by atomic mass is 16.6. The van der Waals surface area contributed by atoms with E-state index in [4.69, 9.17) is 10.5 Å². The lowest BCUT2D eigenvalue weighted by atomic mass is 9.91. The Morgan fingerprint density at radius 3 is 2.39 bits per heavy atom. The van der Waals surface area contributed by atoms with Gasteiger partial charge in [-0.3, -0.25) is 0 Å². The molecule has 0 atom stereocenters. The molecule has 2 rings (SSSR count). The molecule has 0 amide bonds. The Morgan fingerprint density at radius 2 is 1.78 bits per heavy atom. The minimum atomic E-state index is -0.526. The van der Waals surface area contributed by atoms with Crippen LogP contribution in [0.3, 0.4) is 0 Å². The van der Waals surface area contributed by atoms with E-state index in [-0.39, 0.29) is 0 Å². The van der Waals surface area contributed by atoms with Gasteiger partial charge in [0.1, 0.15) is 11.4 Å². The maximum atomic E-state index is 12.1. The first-order valence-electron chi connectivity index (χ1n) is 6.26. The lowest BCUT2D eigenvalue weighted by molar-refractivity contribution is 0.00599. The van der Waals surface area contributed by atoms with E-state index in [1.54, 1.807) is 0 Å². The molecule has 0 saturated heterocycles. The zero-order chi connectivity index (χ0) is 13.3. The molecule has 0 radical (unpaired) electrons. The molecule has 1 aromatic heterocycles. The number of carbonyl (C=O) groups excluding carboxylic acids is 1. The first kappa shape index (κ1) is 12.8. The lowest BCUT2D eigenvalue weighted by Gasteiger charge is -2.22. The van der Waals surface area contributed by atoms with Crippen LogP contribution in [0.4, 0.5) is 5.82 Å². The van der Waals surface area contributed by atoms with Gasteiger partial charge in [0, 0.05) is 5.56 Å². The molecule has 5 nitrogen and oxygen atoms in total. The summed E-state index contributed by atoms with van der Waals surface area (Å²) in [4.78, 5) is 12.1. The molecule has 18 heavy (non-hydrogen) atoms. The maximum Gasteiger partial charge on any atom is 0.359 e. The summed E-state index contributed by atoms with van der Waals surface area (Å²) < 4.78 is 5.35. The molecule has 0 fully saturated rings. The van der Waals surface area contributed by atoms with Crippen LogP contribution in [0.15, 0.2) is 0 Å². The lowest BCUT2D eigenvalue weighted by Crippen LogP contribution is -2.26. The standard InChI is InChI=1S/C13H19N3O2/c1-13(2,3)18-12(17)10-8-6-4-5-7-9(8)11(14)16-15-10/h4-7H2,1-3H3,(H2,14,16). The van der Waals surface area contributed by atoms with E-state index in [2.05, 4.69) is 10.2 Å². The summed E-state index contributed by atoms with van der Waals surface area (Å²) in [7, 11) is 0. The van der Waals surface area contributed by atoms with Crippen molar-refractivity contribution >= 4 is 11.8 Å². The molecule has 2 N–H and O–H groups in total. The predicted octanol–water partition coefficient (Wildman–Crippen LogP) is 1.89. The van der Waals surface area contributed by atoms with Gasteiger partial charge < -0.3 is 10.5 Å². The fourth-order valence-corrected chi connectivity index (χ4v) is 2.16. The fraction of sp³-hybridized carbons (Fsp3) is 0.615. The molecule has 0 unspecified atom stereocenters. The number of carbonyl (C=O) groups is 1. The molecule has 0 aliphatic heterocycles. The first-order valence-corrected chi connectivity index (χ1v) is 6.26. The normalized spacial score (nSPS) is 15.1. The van der Waals surface area contributed by atoms with Gasteiger partial charge in [-0.15, -0.1) is 10.2 Å². The van der Waals surface area contributed by atoms with Gasteiger partial charge in [0.15, 0.2) is 5.69 Å². The van der Waals surface area contributed by atoms with Crippen LogP contribution in [-0.4, -0.2) is 21.8 Å². The number of nitrogens with two attached hydrogens (primary N) is 1. The summed E-state index contributed by atoms with van der Waals surface area (Å²) >= 11 is 0. The van der Waals surface area contributed by atoms with Crippen molar-refractivity contribution in [2.45, 2.75) is 52.1 Å². The summed E-state index contributed by atoms with van der Waals surface area (Å²) in [5.41, 5.74) is 7.50. The number of ether oxygens (including phenoxy) is 1. The van der Waals surface area contributed by atoms with E-state index < -0.39 is 11.6 Å². The van der Waals surface area contributed by atoms with Gasteiger partial charge >= 0.3 is 5.97 Å². The van der Waals surface area contributed by atoms with Crippen LogP contribution in [0.5, 0.6) is 0 Å². The molecule has 0 saturated carbocycles. The number of rotatable bonds is 1. The molecular weight excluding hydrogens is 230 g/mol. The Hall–Kier alpha value is -1.65. The minimum absolute atomic E-state index is 0.328. The van der Waals surface area contributed by atoms with Crippen molar-refractivity contribution in [3.05, 3.63) is 16.8 Å². The number of nitrogens with zero attached hydrogens (tertiary/aromatic N) is 2. The summed E-state index contributed by atoms with van der Waals surface area (Å²) in [6.45, 7) is 5.51. The average Bonchev–Trinajstić information content (AvgIpc) is 2.27. The monoisotopic (exact) mass is 249 g/mol. The topological polar surface area (TPSA) is 78.1 Å². The van der Waals surface area contributed by atoms with E-state index in [0.29, 0.717) is 11.5 Å². The molecule has 1 heterocycles. The van der Waals surface area contributed by atoms with E-state index in [9.17, 15) is 4.79 Å². The van der Waals surface area contributed by atoms with E-state index >= 15 is 0 Å². The molecule has 5 heteroatoms. The van der Waals surface area contributed by atoms with Crippen molar-refractivity contribution in [3.63, 3.8) is 0 Å². The second-order valence-corrected chi connectivity index (χ2v) is 5.60. The smallest absolute Gasteiger partial charge is 0.359 e. The number of esters is 1. The second-order valence-electron chi connectivity index (χ2n) is 5.60. The highest BCUT2D eigenvalue weighted by Crippen LogP contribution is 2.27. The van der Waals surface area contributed by atoms with Crippen LogP contribution in [0.25, 0.3) is 0 Å². The molecule has 0 bridgehead atoms. The van der Waals surface area contributed by atoms with Gasteiger partial charge in [-0.25, -0.2) is 4.79 Å². The third-order valence-corrected chi connectivity index (χ3v) is 2.91. The molecule has 98 valence electrons. The first-order chi connectivity index (χ1) is 8.38. The predicted molar refractivity (Wildman–Crippen MR) is 68.3 cm³/mol. The fourth-order valence-electron chi connectivity index (χ4n) is 2.16. The third-order valence-electron chi connectivity index (χ3n) is 2.91. The quantitative estimate of drug-likeness (QED) is 0.769. The summed E-state index contributed by atoms with van der Waals surface area (Å²) in [6.07, 6.45) is 3.82. The average molecular weight is 249 g/mol. The van der Waals surface area contributed by atoms with Crippen LogP contribution in [0.2, 0.25) is 0 Å². The van der Waals surface area contributed by atoms with E-state index in [0.717, 1.165) is 36.8 Å². The van der Waals surface area contributed by atoms with Crippen molar-refractivity contribution < 1.29 is 9.53 Å². The van der Waals surface area contributed by atoms with Gasteiger partial charge in [0.2, 0.25) is 0 Å². The zero-order valence-corrected chi connectivity index (χ0v) is 11.1. The Bertz CT molecular complexity index is 478. The Labute approximate surface area is 107 Å². The van der Waals surface area contributed by atoms with Crippen LogP contribution in [-0.2, 0) is 17.6 Å². The van der Waals surface area contributed by atoms with Crippen molar-refractivity contribution in [2.24, 2.45) is 0 Å². The SMILES string of the molecule is CC(C)(C)OC(=O)c1nnc(N)c2c1CCCC2.